The summed E-state index contributed by atoms with van der Waals surface area (Å²) in [5, 5.41) is 0. The number of nitrogens with zero attached hydrogens (tertiary/aromatic N) is 3. The van der Waals surface area contributed by atoms with Crippen molar-refractivity contribution in [2.75, 3.05) is 0 Å². The molecule has 3 heteroatoms. The van der Waals surface area contributed by atoms with Gasteiger partial charge >= 0.3 is 0 Å². The quantitative estimate of drug-likeness (QED) is 0.707. The minimum atomic E-state index is 0.0769. The van der Waals surface area contributed by atoms with Crippen LogP contribution >= 0.6 is 0 Å². The van der Waals surface area contributed by atoms with E-state index in [1.807, 2.05) is 24.5 Å². The fraction of sp³-hybridized carbons (Fsp3) is 0.294. The highest BCUT2D eigenvalue weighted by molar-refractivity contribution is 5.60. The molecular formula is C17H19N3. The van der Waals surface area contributed by atoms with Crippen LogP contribution in [0.15, 0.2) is 48.9 Å². The number of pyridine rings is 2. The molecule has 0 fully saturated rings. The van der Waals surface area contributed by atoms with Gasteiger partial charge in [0.25, 0.3) is 0 Å². The number of fused-ring (bicyclic) bond motifs is 1. The van der Waals surface area contributed by atoms with Gasteiger partial charge in [-0.15, -0.1) is 0 Å². The van der Waals surface area contributed by atoms with Gasteiger partial charge in [0.2, 0.25) is 0 Å². The van der Waals surface area contributed by atoms with Crippen molar-refractivity contribution in [3.8, 4) is 11.4 Å². The SMILES string of the molecule is CC(C)(C)c1cc2cccn(Cc3ccncc3)c-2n1. The average Bonchev–Trinajstić information content (AvgIpc) is 2.85. The Balaban J connectivity index is 2.02. The minimum Gasteiger partial charge on any atom is -0.328 e. The van der Waals surface area contributed by atoms with Gasteiger partial charge in [-0.1, -0.05) is 20.8 Å². The molecule has 20 heavy (non-hydrogen) atoms. The molecule has 0 radical (unpaired) electrons. The van der Waals surface area contributed by atoms with Gasteiger partial charge in [-0.3, -0.25) is 4.98 Å². The first kappa shape index (κ1) is 12.9. The second-order valence-corrected chi connectivity index (χ2v) is 6.16. The Hall–Kier alpha value is -2.16. The molecule has 0 unspecified atom stereocenters. The van der Waals surface area contributed by atoms with Crippen LogP contribution in [-0.2, 0) is 12.0 Å². The molecule has 0 bridgehead atoms. The molecule has 0 spiro atoms. The molecule has 0 atom stereocenters. The summed E-state index contributed by atoms with van der Waals surface area (Å²) in [5.74, 6) is 1.05. The van der Waals surface area contributed by atoms with Gasteiger partial charge in [-0.25, -0.2) is 4.98 Å². The molecule has 2 aliphatic heterocycles. The van der Waals surface area contributed by atoms with Gasteiger partial charge in [0.05, 0.1) is 0 Å². The van der Waals surface area contributed by atoms with Crippen LogP contribution < -0.4 is 0 Å². The summed E-state index contributed by atoms with van der Waals surface area (Å²) in [6, 6.07) is 10.5. The Morgan fingerprint density at radius 1 is 1.10 bits per heavy atom. The zero-order valence-corrected chi connectivity index (χ0v) is 12.2. The summed E-state index contributed by atoms with van der Waals surface area (Å²) in [6.45, 7) is 7.41. The summed E-state index contributed by atoms with van der Waals surface area (Å²) in [5.41, 5.74) is 3.65. The van der Waals surface area contributed by atoms with Crippen molar-refractivity contribution < 1.29 is 0 Å². The predicted molar refractivity (Wildman–Crippen MR) is 80.9 cm³/mol. The lowest BCUT2D eigenvalue weighted by molar-refractivity contribution is 0.572. The van der Waals surface area contributed by atoms with E-state index in [4.69, 9.17) is 4.98 Å². The van der Waals surface area contributed by atoms with E-state index in [-0.39, 0.29) is 5.41 Å². The van der Waals surface area contributed by atoms with Crippen LogP contribution in [-0.4, -0.2) is 14.5 Å². The highest BCUT2D eigenvalue weighted by Crippen LogP contribution is 2.29. The molecule has 102 valence electrons. The van der Waals surface area contributed by atoms with Crippen LogP contribution in [0.25, 0.3) is 11.4 Å². The van der Waals surface area contributed by atoms with Crippen LogP contribution in [0.3, 0.4) is 0 Å². The number of aromatic nitrogens is 3. The third-order valence-corrected chi connectivity index (χ3v) is 3.46. The topological polar surface area (TPSA) is 30.7 Å². The smallest absolute Gasteiger partial charge is 0.140 e. The standard InChI is InChI=1S/C17H19N3/c1-17(2,3)15-11-14-5-4-10-20(16(14)19-15)12-13-6-8-18-9-7-13/h4-11H,12H2,1-3H3. The molecule has 0 aliphatic carbocycles. The fourth-order valence-electron chi connectivity index (χ4n) is 2.29. The molecule has 2 aliphatic rings. The normalized spacial score (nSPS) is 11.9. The highest BCUT2D eigenvalue weighted by Gasteiger charge is 2.21. The second-order valence-electron chi connectivity index (χ2n) is 6.16. The van der Waals surface area contributed by atoms with Crippen molar-refractivity contribution in [1.82, 2.24) is 14.5 Å². The van der Waals surface area contributed by atoms with E-state index in [0.29, 0.717) is 0 Å². The van der Waals surface area contributed by atoms with Crippen LogP contribution in [0.2, 0.25) is 0 Å². The van der Waals surface area contributed by atoms with E-state index in [0.717, 1.165) is 18.1 Å². The lowest BCUT2D eigenvalue weighted by Crippen LogP contribution is -2.11. The van der Waals surface area contributed by atoms with Gasteiger partial charge in [-0.2, -0.15) is 0 Å². The molecule has 1 aromatic heterocycles. The third kappa shape index (κ3) is 2.44. The van der Waals surface area contributed by atoms with Gasteiger partial charge in [0, 0.05) is 41.8 Å². The van der Waals surface area contributed by atoms with Crippen molar-refractivity contribution in [1.29, 1.82) is 0 Å². The summed E-state index contributed by atoms with van der Waals surface area (Å²) < 4.78 is 2.19. The molecule has 3 rings (SSSR count). The first-order chi connectivity index (χ1) is 9.54. The molecule has 0 saturated heterocycles. The maximum Gasteiger partial charge on any atom is 0.140 e. The van der Waals surface area contributed by atoms with Gasteiger partial charge in [-0.05, 0) is 35.9 Å². The Labute approximate surface area is 119 Å². The summed E-state index contributed by atoms with van der Waals surface area (Å²) in [4.78, 5) is 8.89. The van der Waals surface area contributed by atoms with Gasteiger partial charge in [0.15, 0.2) is 0 Å². The van der Waals surface area contributed by atoms with Crippen molar-refractivity contribution in [2.45, 2.75) is 32.7 Å². The Morgan fingerprint density at radius 2 is 1.85 bits per heavy atom. The summed E-state index contributed by atoms with van der Waals surface area (Å²) >= 11 is 0. The van der Waals surface area contributed by atoms with E-state index >= 15 is 0 Å². The molecular weight excluding hydrogens is 246 g/mol. The lowest BCUT2D eigenvalue weighted by atomic mass is 9.92. The first-order valence-corrected chi connectivity index (χ1v) is 6.89. The fourth-order valence-corrected chi connectivity index (χ4v) is 2.29. The molecule has 0 aromatic carbocycles. The summed E-state index contributed by atoms with van der Waals surface area (Å²) in [7, 11) is 0. The van der Waals surface area contributed by atoms with E-state index in [1.165, 1.54) is 11.1 Å². The summed E-state index contributed by atoms with van der Waals surface area (Å²) in [6.07, 6.45) is 5.74. The largest absolute Gasteiger partial charge is 0.328 e. The maximum atomic E-state index is 4.83. The molecule has 0 saturated carbocycles. The van der Waals surface area contributed by atoms with E-state index in [9.17, 15) is 0 Å². The molecule has 0 amide bonds. The monoisotopic (exact) mass is 265 g/mol. The Morgan fingerprint density at radius 3 is 2.55 bits per heavy atom. The number of hydrogen-bond donors (Lipinski definition) is 0. The molecule has 0 N–H and O–H groups in total. The second kappa shape index (κ2) is 4.75. The van der Waals surface area contributed by atoms with Crippen LogP contribution in [0, 0.1) is 0 Å². The van der Waals surface area contributed by atoms with E-state index in [1.54, 1.807) is 0 Å². The van der Waals surface area contributed by atoms with Crippen molar-refractivity contribution in [2.24, 2.45) is 0 Å². The van der Waals surface area contributed by atoms with Crippen LogP contribution in [0.1, 0.15) is 32.0 Å². The lowest BCUT2D eigenvalue weighted by Gasteiger charge is -2.14. The maximum absolute atomic E-state index is 4.83. The molecule has 3 nitrogen and oxygen atoms in total. The van der Waals surface area contributed by atoms with E-state index < -0.39 is 0 Å². The van der Waals surface area contributed by atoms with Gasteiger partial charge in [0.1, 0.15) is 5.82 Å². The van der Waals surface area contributed by atoms with Crippen molar-refractivity contribution in [3.63, 3.8) is 0 Å². The molecule has 1 aromatic rings. The Kier molecular flexibility index (Phi) is 3.05. The highest BCUT2D eigenvalue weighted by atomic mass is 15.0. The third-order valence-electron chi connectivity index (χ3n) is 3.46. The Bertz CT molecular complexity index is 677. The van der Waals surface area contributed by atoms with E-state index in [2.05, 4.69) is 54.7 Å². The zero-order valence-electron chi connectivity index (χ0n) is 12.2. The van der Waals surface area contributed by atoms with Crippen LogP contribution in [0.4, 0.5) is 0 Å². The average molecular weight is 265 g/mol. The zero-order chi connectivity index (χ0) is 14.2. The minimum absolute atomic E-state index is 0.0769. The van der Waals surface area contributed by atoms with Gasteiger partial charge < -0.3 is 4.57 Å². The van der Waals surface area contributed by atoms with Crippen LogP contribution in [0.5, 0.6) is 0 Å². The first-order valence-electron chi connectivity index (χ1n) is 6.89. The number of hydrogen-bond acceptors (Lipinski definition) is 2. The predicted octanol–water partition coefficient (Wildman–Crippen LogP) is 3.73. The molecule has 3 heterocycles. The van der Waals surface area contributed by atoms with Crippen molar-refractivity contribution >= 4 is 0 Å². The number of rotatable bonds is 2. The van der Waals surface area contributed by atoms with Crippen molar-refractivity contribution in [3.05, 3.63) is 60.2 Å².